The zero-order valence-corrected chi connectivity index (χ0v) is 17.4. The SMILES string of the molecule is C/C=C(\C=NC)c1c(F)cncc1/C=C/C(=O)Nc1ccc(CC(C)(C)O)cc1F. The Balaban J connectivity index is 2.21. The Morgan fingerprint density at radius 1 is 1.27 bits per heavy atom. The predicted octanol–water partition coefficient (Wildman–Crippen LogP) is 4.43. The number of carbonyl (C=O) groups is 1. The number of nitrogens with zero attached hydrogens (tertiary/aromatic N) is 2. The maximum atomic E-state index is 14.3. The van der Waals surface area contributed by atoms with E-state index in [0.717, 1.165) is 6.20 Å². The van der Waals surface area contributed by atoms with Crippen LogP contribution in [0.3, 0.4) is 0 Å². The van der Waals surface area contributed by atoms with Crippen LogP contribution in [0.2, 0.25) is 0 Å². The van der Waals surface area contributed by atoms with Gasteiger partial charge < -0.3 is 10.4 Å². The molecule has 0 radical (unpaired) electrons. The summed E-state index contributed by atoms with van der Waals surface area (Å²) in [6.07, 6.45) is 8.61. The highest BCUT2D eigenvalue weighted by Crippen LogP contribution is 2.23. The van der Waals surface area contributed by atoms with Crippen molar-refractivity contribution >= 4 is 29.5 Å². The van der Waals surface area contributed by atoms with Crippen LogP contribution in [0, 0.1) is 11.6 Å². The van der Waals surface area contributed by atoms with Crippen molar-refractivity contribution < 1.29 is 18.7 Å². The number of nitrogens with one attached hydrogen (secondary N) is 1. The van der Waals surface area contributed by atoms with E-state index >= 15 is 0 Å². The Bertz CT molecular complexity index is 1010. The molecule has 0 aliphatic rings. The quantitative estimate of drug-likeness (QED) is 0.521. The molecule has 0 aliphatic carbocycles. The van der Waals surface area contributed by atoms with Crippen molar-refractivity contribution in [2.24, 2.45) is 4.99 Å². The van der Waals surface area contributed by atoms with Gasteiger partial charge in [0.2, 0.25) is 5.91 Å². The molecule has 0 saturated carbocycles. The highest BCUT2D eigenvalue weighted by atomic mass is 19.1. The molecule has 0 aliphatic heterocycles. The molecule has 158 valence electrons. The summed E-state index contributed by atoms with van der Waals surface area (Å²) in [7, 11) is 1.58. The maximum Gasteiger partial charge on any atom is 0.248 e. The number of hydrogen-bond donors (Lipinski definition) is 2. The van der Waals surface area contributed by atoms with E-state index in [9.17, 15) is 18.7 Å². The van der Waals surface area contributed by atoms with Gasteiger partial charge in [0.05, 0.1) is 17.5 Å². The Morgan fingerprint density at radius 2 is 2.00 bits per heavy atom. The third-order valence-electron chi connectivity index (χ3n) is 4.14. The van der Waals surface area contributed by atoms with Crippen molar-refractivity contribution in [3.8, 4) is 0 Å². The third kappa shape index (κ3) is 6.42. The van der Waals surface area contributed by atoms with Crippen LogP contribution in [0.5, 0.6) is 0 Å². The number of hydrogen-bond acceptors (Lipinski definition) is 4. The van der Waals surface area contributed by atoms with Crippen LogP contribution in [0.15, 0.2) is 47.7 Å². The molecular formula is C23H25F2N3O2. The molecule has 1 aromatic carbocycles. The van der Waals surface area contributed by atoms with Gasteiger partial charge in [-0.3, -0.25) is 14.8 Å². The van der Waals surface area contributed by atoms with Crippen molar-refractivity contribution in [1.29, 1.82) is 0 Å². The molecule has 0 saturated heterocycles. The fourth-order valence-electron chi connectivity index (χ4n) is 2.91. The van der Waals surface area contributed by atoms with Gasteiger partial charge in [0.1, 0.15) is 11.6 Å². The zero-order chi connectivity index (χ0) is 22.3. The molecule has 2 N–H and O–H groups in total. The normalized spacial score (nSPS) is 12.7. The summed E-state index contributed by atoms with van der Waals surface area (Å²) in [5.41, 5.74) is 0.856. The molecule has 0 fully saturated rings. The summed E-state index contributed by atoms with van der Waals surface area (Å²) >= 11 is 0. The van der Waals surface area contributed by atoms with Gasteiger partial charge in [-0.1, -0.05) is 12.1 Å². The highest BCUT2D eigenvalue weighted by molar-refractivity contribution is 6.11. The molecule has 30 heavy (non-hydrogen) atoms. The van der Waals surface area contributed by atoms with E-state index in [4.69, 9.17) is 0 Å². The summed E-state index contributed by atoms with van der Waals surface area (Å²) in [6.45, 7) is 5.01. The minimum Gasteiger partial charge on any atom is -0.390 e. The first kappa shape index (κ1) is 23.1. The number of pyridine rings is 1. The van der Waals surface area contributed by atoms with Gasteiger partial charge in [0.25, 0.3) is 0 Å². The zero-order valence-electron chi connectivity index (χ0n) is 17.4. The van der Waals surface area contributed by atoms with Crippen LogP contribution in [0.4, 0.5) is 14.5 Å². The number of anilines is 1. The summed E-state index contributed by atoms with van der Waals surface area (Å²) in [5.74, 6) is -1.73. The van der Waals surface area contributed by atoms with E-state index in [2.05, 4.69) is 15.3 Å². The molecular weight excluding hydrogens is 388 g/mol. The molecule has 1 amide bonds. The van der Waals surface area contributed by atoms with Gasteiger partial charge >= 0.3 is 0 Å². The second-order valence-corrected chi connectivity index (χ2v) is 7.34. The topological polar surface area (TPSA) is 74.6 Å². The summed E-state index contributed by atoms with van der Waals surface area (Å²) in [6, 6.07) is 4.35. The first-order valence-electron chi connectivity index (χ1n) is 9.37. The van der Waals surface area contributed by atoms with Gasteiger partial charge in [-0.05, 0) is 50.1 Å². The van der Waals surface area contributed by atoms with E-state index in [1.165, 1.54) is 36.7 Å². The monoisotopic (exact) mass is 413 g/mol. The number of benzene rings is 1. The second-order valence-electron chi connectivity index (χ2n) is 7.34. The molecule has 1 heterocycles. The number of halogens is 2. The largest absolute Gasteiger partial charge is 0.390 e. The molecule has 7 heteroatoms. The number of allylic oxidation sites excluding steroid dienone is 2. The number of aromatic nitrogens is 1. The molecule has 5 nitrogen and oxygen atoms in total. The lowest BCUT2D eigenvalue weighted by Gasteiger charge is -2.17. The van der Waals surface area contributed by atoms with Crippen LogP contribution in [0.25, 0.3) is 11.6 Å². The van der Waals surface area contributed by atoms with E-state index < -0.39 is 23.1 Å². The summed E-state index contributed by atoms with van der Waals surface area (Å²) in [4.78, 5) is 20.0. The fourth-order valence-corrected chi connectivity index (χ4v) is 2.91. The molecule has 0 bridgehead atoms. The van der Waals surface area contributed by atoms with Gasteiger partial charge in [0.15, 0.2) is 0 Å². The third-order valence-corrected chi connectivity index (χ3v) is 4.14. The highest BCUT2D eigenvalue weighted by Gasteiger charge is 2.15. The van der Waals surface area contributed by atoms with Gasteiger partial charge in [-0.2, -0.15) is 0 Å². The van der Waals surface area contributed by atoms with E-state index in [1.807, 2.05) is 0 Å². The van der Waals surface area contributed by atoms with Crippen LogP contribution in [0.1, 0.15) is 37.5 Å². The lowest BCUT2D eigenvalue weighted by molar-refractivity contribution is -0.111. The van der Waals surface area contributed by atoms with Crippen molar-refractivity contribution in [3.05, 3.63) is 71.1 Å². The average molecular weight is 413 g/mol. The number of aliphatic hydroxyl groups is 1. The minimum absolute atomic E-state index is 0.00833. The average Bonchev–Trinajstić information content (AvgIpc) is 2.66. The van der Waals surface area contributed by atoms with Crippen LogP contribution >= 0.6 is 0 Å². The number of aliphatic imine (C=N–C) groups is 1. The van der Waals surface area contributed by atoms with Gasteiger partial charge in [-0.25, -0.2) is 8.78 Å². The van der Waals surface area contributed by atoms with Gasteiger partial charge in [0, 0.05) is 43.1 Å². The van der Waals surface area contributed by atoms with Crippen LogP contribution in [-0.2, 0) is 11.2 Å². The molecule has 2 aromatic rings. The Morgan fingerprint density at radius 3 is 2.60 bits per heavy atom. The first-order chi connectivity index (χ1) is 14.1. The molecule has 1 aromatic heterocycles. The second kappa shape index (κ2) is 10.0. The molecule has 0 atom stereocenters. The van der Waals surface area contributed by atoms with E-state index in [0.29, 0.717) is 16.7 Å². The number of carbonyl (C=O) groups excluding carboxylic acids is 1. The van der Waals surface area contributed by atoms with E-state index in [-0.39, 0.29) is 17.7 Å². The number of rotatable bonds is 7. The van der Waals surface area contributed by atoms with E-state index in [1.54, 1.807) is 40.0 Å². The van der Waals surface area contributed by atoms with Crippen molar-refractivity contribution in [1.82, 2.24) is 4.98 Å². The Labute approximate surface area is 174 Å². The lowest BCUT2D eigenvalue weighted by atomic mass is 9.98. The lowest BCUT2D eigenvalue weighted by Crippen LogP contribution is -2.22. The maximum absolute atomic E-state index is 14.3. The minimum atomic E-state index is -0.967. The Kier molecular flexibility index (Phi) is 7.72. The van der Waals surface area contributed by atoms with Gasteiger partial charge in [-0.15, -0.1) is 0 Å². The molecule has 0 spiro atoms. The first-order valence-corrected chi connectivity index (χ1v) is 9.37. The van der Waals surface area contributed by atoms with Crippen LogP contribution < -0.4 is 5.32 Å². The molecule has 2 rings (SSSR count). The van der Waals surface area contributed by atoms with Crippen molar-refractivity contribution in [2.45, 2.75) is 32.8 Å². The standard InChI is InChI=1S/C23H25F2N3O2/c1-5-16(12-26-4)22-17(13-27-14-19(22)25)7-9-21(29)28-20-8-6-15(10-18(20)24)11-23(2,3)30/h5-10,12-14,30H,11H2,1-4H3,(H,28,29)/b9-7+,16-5+,26-12?. The smallest absolute Gasteiger partial charge is 0.248 e. The van der Waals surface area contributed by atoms with Crippen LogP contribution in [-0.4, -0.2) is 34.9 Å². The summed E-state index contributed by atoms with van der Waals surface area (Å²) in [5, 5.41) is 12.3. The van der Waals surface area contributed by atoms with Crippen molar-refractivity contribution in [3.63, 3.8) is 0 Å². The predicted molar refractivity (Wildman–Crippen MR) is 116 cm³/mol. The fraction of sp³-hybridized carbons (Fsp3) is 0.261. The Hall–Kier alpha value is -3.19. The molecule has 0 unspecified atom stereocenters. The summed E-state index contributed by atoms with van der Waals surface area (Å²) < 4.78 is 28.6. The number of amides is 1. The van der Waals surface area contributed by atoms with Crippen molar-refractivity contribution in [2.75, 3.05) is 12.4 Å².